The number of amides is 1. The van der Waals surface area contributed by atoms with E-state index >= 15 is 0 Å². The third kappa shape index (κ3) is 3.82. The molecule has 0 unspecified atom stereocenters. The Kier molecular flexibility index (Phi) is 4.25. The van der Waals surface area contributed by atoms with Crippen LogP contribution in [0.1, 0.15) is 5.69 Å². The lowest BCUT2D eigenvalue weighted by Gasteiger charge is -2.06. The second-order valence-corrected chi connectivity index (χ2v) is 4.15. The minimum absolute atomic E-state index is 0.0116. The largest absolute Gasteiger partial charge is 0.484 e. The molecule has 94 valence electrons. The van der Waals surface area contributed by atoms with Gasteiger partial charge in [-0.3, -0.25) is 4.79 Å². The van der Waals surface area contributed by atoms with Gasteiger partial charge in [0.1, 0.15) is 5.75 Å². The topological polar surface area (TPSA) is 54.1 Å². The van der Waals surface area contributed by atoms with Gasteiger partial charge in [0, 0.05) is 16.9 Å². The predicted octanol–water partition coefficient (Wildman–Crippen LogP) is 2.36. The minimum Gasteiger partial charge on any atom is -0.484 e. The van der Waals surface area contributed by atoms with Crippen LogP contribution < -0.4 is 10.1 Å². The molecule has 0 aliphatic rings. The monoisotopic (exact) mass is 264 g/mol. The average molecular weight is 265 g/mol. The van der Waals surface area contributed by atoms with E-state index in [9.17, 15) is 4.79 Å². The van der Waals surface area contributed by atoms with Crippen LogP contribution in [0.2, 0.25) is 5.02 Å². The average Bonchev–Trinajstić information content (AvgIpc) is 2.89. The standard InChI is InChI=1S/C13H13ClN2O2/c14-10-3-5-12(6-4-10)18-9-13(17)16-8-11-2-1-7-15-11/h1-7,15H,8-9H2,(H,16,17). The summed E-state index contributed by atoms with van der Waals surface area (Å²) in [6.45, 7) is 0.457. The molecule has 0 radical (unpaired) electrons. The van der Waals surface area contributed by atoms with Crippen molar-refractivity contribution in [3.63, 3.8) is 0 Å². The number of benzene rings is 1. The molecule has 1 aromatic heterocycles. The van der Waals surface area contributed by atoms with Crippen LogP contribution in [0.4, 0.5) is 0 Å². The molecule has 1 amide bonds. The summed E-state index contributed by atoms with van der Waals surface area (Å²) in [7, 11) is 0. The number of aromatic nitrogens is 1. The molecule has 0 spiro atoms. The van der Waals surface area contributed by atoms with Gasteiger partial charge in [-0.05, 0) is 36.4 Å². The summed E-state index contributed by atoms with van der Waals surface area (Å²) >= 11 is 5.74. The summed E-state index contributed by atoms with van der Waals surface area (Å²) in [6, 6.07) is 10.7. The first-order valence-electron chi connectivity index (χ1n) is 5.51. The lowest BCUT2D eigenvalue weighted by atomic mass is 10.3. The first-order valence-corrected chi connectivity index (χ1v) is 5.89. The van der Waals surface area contributed by atoms with Gasteiger partial charge in [-0.25, -0.2) is 0 Å². The number of H-pyrrole nitrogens is 1. The SMILES string of the molecule is O=C(COc1ccc(Cl)cc1)NCc1ccc[nH]1. The van der Waals surface area contributed by atoms with E-state index in [0.29, 0.717) is 17.3 Å². The van der Waals surface area contributed by atoms with Crippen LogP contribution in [-0.2, 0) is 11.3 Å². The van der Waals surface area contributed by atoms with Crippen molar-refractivity contribution in [3.8, 4) is 5.75 Å². The van der Waals surface area contributed by atoms with E-state index < -0.39 is 0 Å². The van der Waals surface area contributed by atoms with Gasteiger partial charge in [-0.1, -0.05) is 11.6 Å². The maximum absolute atomic E-state index is 11.5. The fourth-order valence-corrected chi connectivity index (χ4v) is 1.53. The third-order valence-corrected chi connectivity index (χ3v) is 2.57. The molecule has 1 heterocycles. The fraction of sp³-hybridized carbons (Fsp3) is 0.154. The maximum Gasteiger partial charge on any atom is 0.258 e. The molecule has 0 saturated carbocycles. The highest BCUT2D eigenvalue weighted by Gasteiger charge is 2.03. The smallest absolute Gasteiger partial charge is 0.258 e. The molecule has 2 rings (SSSR count). The number of hydrogen-bond donors (Lipinski definition) is 2. The first-order chi connectivity index (χ1) is 8.74. The molecule has 1 aromatic carbocycles. The van der Waals surface area contributed by atoms with Gasteiger partial charge in [-0.2, -0.15) is 0 Å². The highest BCUT2D eigenvalue weighted by Crippen LogP contribution is 2.15. The number of nitrogens with one attached hydrogen (secondary N) is 2. The van der Waals surface area contributed by atoms with Crippen molar-refractivity contribution < 1.29 is 9.53 Å². The van der Waals surface area contributed by atoms with Crippen molar-refractivity contribution in [1.29, 1.82) is 0 Å². The maximum atomic E-state index is 11.5. The Labute approximate surface area is 110 Å². The molecule has 2 aromatic rings. The fourth-order valence-electron chi connectivity index (χ4n) is 1.40. The molecule has 0 saturated heterocycles. The number of halogens is 1. The predicted molar refractivity (Wildman–Crippen MR) is 69.6 cm³/mol. The van der Waals surface area contributed by atoms with E-state index in [4.69, 9.17) is 16.3 Å². The summed E-state index contributed by atoms with van der Waals surface area (Å²) in [5, 5.41) is 3.38. The Morgan fingerprint density at radius 2 is 2.06 bits per heavy atom. The number of hydrogen-bond acceptors (Lipinski definition) is 2. The van der Waals surface area contributed by atoms with E-state index in [1.54, 1.807) is 24.3 Å². The molecule has 4 nitrogen and oxygen atoms in total. The van der Waals surface area contributed by atoms with Crippen molar-refractivity contribution in [3.05, 3.63) is 53.3 Å². The molecule has 2 N–H and O–H groups in total. The van der Waals surface area contributed by atoms with E-state index in [2.05, 4.69) is 10.3 Å². The molecular formula is C13H13ClN2O2. The first kappa shape index (κ1) is 12.5. The van der Waals surface area contributed by atoms with Gasteiger partial charge < -0.3 is 15.0 Å². The van der Waals surface area contributed by atoms with E-state index in [1.807, 2.05) is 18.3 Å². The van der Waals surface area contributed by atoms with Crippen LogP contribution in [0.25, 0.3) is 0 Å². The Morgan fingerprint density at radius 3 is 2.72 bits per heavy atom. The second kappa shape index (κ2) is 6.12. The molecule has 0 fully saturated rings. The normalized spacial score (nSPS) is 10.1. The van der Waals surface area contributed by atoms with Crippen molar-refractivity contribution in [2.45, 2.75) is 6.54 Å². The van der Waals surface area contributed by atoms with Gasteiger partial charge in [0.25, 0.3) is 5.91 Å². The summed E-state index contributed by atoms with van der Waals surface area (Å²) in [6.07, 6.45) is 1.81. The minimum atomic E-state index is -0.167. The van der Waals surface area contributed by atoms with Crippen LogP contribution >= 0.6 is 11.6 Å². The van der Waals surface area contributed by atoms with Gasteiger partial charge >= 0.3 is 0 Å². The molecule has 18 heavy (non-hydrogen) atoms. The second-order valence-electron chi connectivity index (χ2n) is 3.71. The highest BCUT2D eigenvalue weighted by molar-refractivity contribution is 6.30. The third-order valence-electron chi connectivity index (χ3n) is 2.32. The molecular weight excluding hydrogens is 252 g/mol. The van der Waals surface area contributed by atoms with Crippen molar-refractivity contribution in [1.82, 2.24) is 10.3 Å². The quantitative estimate of drug-likeness (QED) is 0.871. The molecule has 0 bridgehead atoms. The Morgan fingerprint density at radius 1 is 1.28 bits per heavy atom. The molecule has 0 aliphatic carbocycles. The van der Waals surface area contributed by atoms with Crippen molar-refractivity contribution in [2.75, 3.05) is 6.61 Å². The van der Waals surface area contributed by atoms with Gasteiger partial charge in [0.05, 0.1) is 6.54 Å². The number of rotatable bonds is 5. The number of carbonyl (C=O) groups excluding carboxylic acids is 1. The summed E-state index contributed by atoms with van der Waals surface area (Å²) in [4.78, 5) is 14.5. The lowest BCUT2D eigenvalue weighted by Crippen LogP contribution is -2.28. The number of ether oxygens (including phenoxy) is 1. The van der Waals surface area contributed by atoms with Crippen LogP contribution in [0, 0.1) is 0 Å². The van der Waals surface area contributed by atoms with Crippen LogP contribution in [0.15, 0.2) is 42.6 Å². The molecule has 0 atom stereocenters. The lowest BCUT2D eigenvalue weighted by molar-refractivity contribution is -0.123. The van der Waals surface area contributed by atoms with E-state index in [-0.39, 0.29) is 12.5 Å². The zero-order valence-electron chi connectivity index (χ0n) is 9.65. The van der Waals surface area contributed by atoms with E-state index in [0.717, 1.165) is 5.69 Å². The van der Waals surface area contributed by atoms with Crippen LogP contribution in [0.5, 0.6) is 5.75 Å². The molecule has 5 heteroatoms. The Hall–Kier alpha value is -1.94. The summed E-state index contributed by atoms with van der Waals surface area (Å²) in [5.41, 5.74) is 0.954. The van der Waals surface area contributed by atoms with E-state index in [1.165, 1.54) is 0 Å². The van der Waals surface area contributed by atoms with Crippen LogP contribution in [-0.4, -0.2) is 17.5 Å². The summed E-state index contributed by atoms with van der Waals surface area (Å²) < 4.78 is 5.31. The number of aromatic amines is 1. The summed E-state index contributed by atoms with van der Waals surface area (Å²) in [5.74, 6) is 0.453. The van der Waals surface area contributed by atoms with Crippen molar-refractivity contribution >= 4 is 17.5 Å². The zero-order chi connectivity index (χ0) is 12.8. The van der Waals surface area contributed by atoms with Crippen molar-refractivity contribution in [2.24, 2.45) is 0 Å². The zero-order valence-corrected chi connectivity index (χ0v) is 10.4. The van der Waals surface area contributed by atoms with Crippen LogP contribution in [0.3, 0.4) is 0 Å². The Balaban J connectivity index is 1.73. The highest BCUT2D eigenvalue weighted by atomic mass is 35.5. The number of carbonyl (C=O) groups is 1. The molecule has 0 aliphatic heterocycles. The van der Waals surface area contributed by atoms with Gasteiger partial charge in [-0.15, -0.1) is 0 Å². The van der Waals surface area contributed by atoms with Gasteiger partial charge in [0.2, 0.25) is 0 Å². The van der Waals surface area contributed by atoms with Gasteiger partial charge in [0.15, 0.2) is 6.61 Å². The Bertz CT molecular complexity index is 494.